The zero-order valence-electron chi connectivity index (χ0n) is 10.8. The van der Waals surface area contributed by atoms with Crippen molar-refractivity contribution < 1.29 is 24.5 Å². The fourth-order valence-electron chi connectivity index (χ4n) is 1.56. The maximum absolute atomic E-state index is 11.8. The lowest BCUT2D eigenvalue weighted by Gasteiger charge is -2.24. The molecule has 20 heavy (non-hydrogen) atoms. The van der Waals surface area contributed by atoms with Gasteiger partial charge in [0, 0.05) is 6.92 Å². The minimum Gasteiger partial charge on any atom is -0.508 e. The zero-order chi connectivity index (χ0) is 14.6. The summed E-state index contributed by atoms with van der Waals surface area (Å²) in [6.07, 6.45) is 0. The van der Waals surface area contributed by atoms with Crippen LogP contribution in [0.15, 0.2) is 54.6 Å². The van der Waals surface area contributed by atoms with E-state index in [9.17, 15) is 9.90 Å². The first-order chi connectivity index (χ1) is 9.46. The molecule has 5 nitrogen and oxygen atoms in total. The summed E-state index contributed by atoms with van der Waals surface area (Å²) in [6.45, 7) is 1.22. The highest BCUT2D eigenvalue weighted by molar-refractivity contribution is 5.89. The van der Waals surface area contributed by atoms with Crippen LogP contribution in [0.1, 0.15) is 17.3 Å². The van der Waals surface area contributed by atoms with E-state index in [1.807, 2.05) is 0 Å². The van der Waals surface area contributed by atoms with E-state index in [0.717, 1.165) is 0 Å². The summed E-state index contributed by atoms with van der Waals surface area (Å²) < 4.78 is 10.1. The van der Waals surface area contributed by atoms with Crippen LogP contribution in [0.25, 0.3) is 0 Å². The van der Waals surface area contributed by atoms with Crippen LogP contribution in [0.4, 0.5) is 0 Å². The van der Waals surface area contributed by atoms with E-state index < -0.39 is 11.9 Å². The number of aromatic hydroxyl groups is 1. The molecule has 104 valence electrons. The van der Waals surface area contributed by atoms with Gasteiger partial charge in [-0.25, -0.2) is 4.79 Å². The predicted octanol–water partition coefficient (Wildman–Crippen LogP) is 2.29. The topological polar surface area (TPSA) is 76.0 Å². The molecule has 0 radical (unpaired) electrons. The number of benzene rings is 2. The second kappa shape index (κ2) is 5.63. The Hall–Kier alpha value is -2.53. The average molecular weight is 274 g/mol. The van der Waals surface area contributed by atoms with Gasteiger partial charge in [-0.15, -0.1) is 0 Å². The largest absolute Gasteiger partial charge is 0.508 e. The minimum absolute atomic E-state index is 0.0360. The molecule has 1 atom stereocenters. The first kappa shape index (κ1) is 13.9. The lowest BCUT2D eigenvalue weighted by Crippen LogP contribution is -2.37. The smallest absolute Gasteiger partial charge is 0.368 e. The highest BCUT2D eigenvalue weighted by Gasteiger charge is 2.28. The molecular weight excluding hydrogens is 260 g/mol. The molecule has 0 spiro atoms. The van der Waals surface area contributed by atoms with Gasteiger partial charge >= 0.3 is 11.9 Å². The van der Waals surface area contributed by atoms with Crippen molar-refractivity contribution in [2.45, 2.75) is 12.9 Å². The maximum atomic E-state index is 11.8. The number of phenols is 1. The molecule has 0 aliphatic carbocycles. The quantitative estimate of drug-likeness (QED) is 0.661. The maximum Gasteiger partial charge on any atom is 0.368 e. The van der Waals surface area contributed by atoms with Crippen LogP contribution < -0.4 is 4.74 Å². The standard InChI is InChI=1S/C15H14O5/c1-15(18,19-13-5-3-2-4-6-13)20-14(17)11-7-9-12(16)10-8-11/h2-10,16,18H,1H3. The van der Waals surface area contributed by atoms with Gasteiger partial charge in [0.25, 0.3) is 0 Å². The number of rotatable bonds is 4. The van der Waals surface area contributed by atoms with Crippen LogP contribution in [0.3, 0.4) is 0 Å². The molecule has 0 aromatic heterocycles. The van der Waals surface area contributed by atoms with E-state index in [0.29, 0.717) is 5.75 Å². The van der Waals surface area contributed by atoms with Crippen molar-refractivity contribution in [1.82, 2.24) is 0 Å². The number of para-hydroxylation sites is 1. The molecule has 0 heterocycles. The molecule has 5 heteroatoms. The molecule has 0 saturated heterocycles. The number of aliphatic hydroxyl groups is 1. The summed E-state index contributed by atoms with van der Waals surface area (Å²) in [5, 5.41) is 19.1. The van der Waals surface area contributed by atoms with E-state index in [1.54, 1.807) is 30.3 Å². The Labute approximate surface area is 116 Å². The van der Waals surface area contributed by atoms with Crippen molar-refractivity contribution >= 4 is 5.97 Å². The van der Waals surface area contributed by atoms with Crippen LogP contribution in [0.2, 0.25) is 0 Å². The Morgan fingerprint density at radius 2 is 1.65 bits per heavy atom. The zero-order valence-corrected chi connectivity index (χ0v) is 10.8. The number of carbonyl (C=O) groups excluding carboxylic acids is 1. The van der Waals surface area contributed by atoms with E-state index in [2.05, 4.69) is 0 Å². The minimum atomic E-state index is -2.09. The van der Waals surface area contributed by atoms with Crippen molar-refractivity contribution in [2.75, 3.05) is 0 Å². The van der Waals surface area contributed by atoms with Crippen LogP contribution >= 0.6 is 0 Å². The normalized spacial score (nSPS) is 13.3. The highest BCUT2D eigenvalue weighted by Crippen LogP contribution is 2.19. The van der Waals surface area contributed by atoms with Crippen molar-refractivity contribution in [3.05, 3.63) is 60.2 Å². The Balaban J connectivity index is 2.04. The summed E-state index contributed by atoms with van der Waals surface area (Å²) in [7, 11) is 0. The number of phenolic OH excluding ortho intramolecular Hbond substituents is 1. The first-order valence-electron chi connectivity index (χ1n) is 5.95. The molecule has 1 unspecified atom stereocenters. The summed E-state index contributed by atoms with van der Waals surface area (Å²) in [5.41, 5.74) is 0.194. The lowest BCUT2D eigenvalue weighted by atomic mass is 10.2. The van der Waals surface area contributed by atoms with Gasteiger partial charge in [0.1, 0.15) is 11.5 Å². The summed E-state index contributed by atoms with van der Waals surface area (Å²) in [6, 6.07) is 14.0. The van der Waals surface area contributed by atoms with Crippen LogP contribution in [0.5, 0.6) is 11.5 Å². The summed E-state index contributed by atoms with van der Waals surface area (Å²) >= 11 is 0. The Bertz CT molecular complexity index is 575. The highest BCUT2D eigenvalue weighted by atomic mass is 16.8. The molecule has 0 aliphatic rings. The van der Waals surface area contributed by atoms with Crippen LogP contribution in [0, 0.1) is 0 Å². The van der Waals surface area contributed by atoms with E-state index >= 15 is 0 Å². The van der Waals surface area contributed by atoms with Gasteiger partial charge < -0.3 is 19.7 Å². The molecule has 0 fully saturated rings. The monoisotopic (exact) mass is 274 g/mol. The average Bonchev–Trinajstić information content (AvgIpc) is 2.39. The third-order valence-electron chi connectivity index (χ3n) is 2.44. The van der Waals surface area contributed by atoms with Crippen LogP contribution in [-0.2, 0) is 4.74 Å². The summed E-state index contributed by atoms with van der Waals surface area (Å²) in [4.78, 5) is 11.8. The van der Waals surface area contributed by atoms with Crippen molar-refractivity contribution in [2.24, 2.45) is 0 Å². The second-order valence-corrected chi connectivity index (χ2v) is 4.25. The van der Waals surface area contributed by atoms with Gasteiger partial charge in [-0.1, -0.05) is 18.2 Å². The van der Waals surface area contributed by atoms with Crippen molar-refractivity contribution in [3.8, 4) is 11.5 Å². The van der Waals surface area contributed by atoms with Crippen molar-refractivity contribution in [1.29, 1.82) is 0 Å². The molecule has 0 saturated carbocycles. The van der Waals surface area contributed by atoms with Gasteiger partial charge in [0.15, 0.2) is 0 Å². The number of carbonyl (C=O) groups is 1. The Kier molecular flexibility index (Phi) is 3.91. The number of hydrogen-bond donors (Lipinski definition) is 2. The molecule has 0 amide bonds. The Morgan fingerprint density at radius 3 is 2.25 bits per heavy atom. The molecule has 2 rings (SSSR count). The Morgan fingerprint density at radius 1 is 1.05 bits per heavy atom. The van der Waals surface area contributed by atoms with Gasteiger partial charge in [0.05, 0.1) is 5.56 Å². The fraction of sp³-hybridized carbons (Fsp3) is 0.133. The lowest BCUT2D eigenvalue weighted by molar-refractivity contribution is -0.275. The number of ether oxygens (including phenoxy) is 2. The molecule has 0 bridgehead atoms. The fourth-order valence-corrected chi connectivity index (χ4v) is 1.56. The third-order valence-corrected chi connectivity index (χ3v) is 2.44. The molecular formula is C15H14O5. The first-order valence-corrected chi connectivity index (χ1v) is 5.95. The molecule has 2 N–H and O–H groups in total. The summed E-state index contributed by atoms with van der Waals surface area (Å²) in [5.74, 6) is -2.44. The predicted molar refractivity (Wildman–Crippen MR) is 71.2 cm³/mol. The number of esters is 1. The number of hydrogen-bond acceptors (Lipinski definition) is 5. The third kappa shape index (κ3) is 3.73. The second-order valence-electron chi connectivity index (χ2n) is 4.25. The van der Waals surface area contributed by atoms with Gasteiger partial charge in [-0.2, -0.15) is 0 Å². The van der Waals surface area contributed by atoms with Gasteiger partial charge in [-0.3, -0.25) is 0 Å². The van der Waals surface area contributed by atoms with Crippen molar-refractivity contribution in [3.63, 3.8) is 0 Å². The van der Waals surface area contributed by atoms with E-state index in [4.69, 9.17) is 14.6 Å². The van der Waals surface area contributed by atoms with Gasteiger partial charge in [0.2, 0.25) is 0 Å². The molecule has 2 aromatic rings. The van der Waals surface area contributed by atoms with Gasteiger partial charge in [-0.05, 0) is 36.4 Å². The van der Waals surface area contributed by atoms with Crippen LogP contribution in [-0.4, -0.2) is 22.2 Å². The molecule has 2 aromatic carbocycles. The molecule has 0 aliphatic heterocycles. The SMILES string of the molecule is CC(O)(OC(=O)c1ccc(O)cc1)Oc1ccccc1. The van der Waals surface area contributed by atoms with E-state index in [-0.39, 0.29) is 11.3 Å². The van der Waals surface area contributed by atoms with E-state index in [1.165, 1.54) is 31.2 Å².